The Bertz CT molecular complexity index is 492. The van der Waals surface area contributed by atoms with Crippen LogP contribution in [-0.2, 0) is 0 Å². The first-order chi connectivity index (χ1) is 10.2. The minimum atomic E-state index is 0.360. The molecule has 1 saturated heterocycles. The van der Waals surface area contributed by atoms with Crippen molar-refractivity contribution in [1.29, 1.82) is 0 Å². The molecule has 1 aromatic carbocycles. The maximum Gasteiger partial charge on any atom is 0.161 e. The standard InChI is InChI=1S/C17H26N2O2/c1-3-13-11-19(7-6-15(13)18)12(2)14-4-5-16-17(10-14)21-9-8-20-16/h4-5,10,12-13,15H,3,6-9,11,18H2,1-2H3. The van der Waals surface area contributed by atoms with E-state index in [1.54, 1.807) is 0 Å². The Morgan fingerprint density at radius 3 is 2.81 bits per heavy atom. The third-order valence-corrected chi connectivity index (χ3v) is 4.94. The smallest absolute Gasteiger partial charge is 0.161 e. The first-order valence-corrected chi connectivity index (χ1v) is 8.08. The Morgan fingerprint density at radius 1 is 1.29 bits per heavy atom. The van der Waals surface area contributed by atoms with Gasteiger partial charge in [-0.15, -0.1) is 0 Å². The number of nitrogens with two attached hydrogens (primary N) is 1. The molecule has 0 saturated carbocycles. The molecular formula is C17H26N2O2. The van der Waals surface area contributed by atoms with Crippen LogP contribution in [0, 0.1) is 5.92 Å². The molecule has 2 aliphatic rings. The Hall–Kier alpha value is -1.26. The van der Waals surface area contributed by atoms with Crippen LogP contribution in [0.15, 0.2) is 18.2 Å². The summed E-state index contributed by atoms with van der Waals surface area (Å²) in [4.78, 5) is 2.54. The van der Waals surface area contributed by atoms with Gasteiger partial charge in [-0.2, -0.15) is 0 Å². The van der Waals surface area contributed by atoms with Crippen LogP contribution in [0.3, 0.4) is 0 Å². The van der Waals surface area contributed by atoms with Crippen molar-refractivity contribution >= 4 is 0 Å². The van der Waals surface area contributed by atoms with Crippen LogP contribution >= 0.6 is 0 Å². The zero-order chi connectivity index (χ0) is 14.8. The molecule has 0 spiro atoms. The first-order valence-electron chi connectivity index (χ1n) is 8.08. The van der Waals surface area contributed by atoms with Gasteiger partial charge in [0.05, 0.1) is 0 Å². The molecule has 2 aliphatic heterocycles. The number of benzene rings is 1. The number of likely N-dealkylation sites (tertiary alicyclic amines) is 1. The van der Waals surface area contributed by atoms with E-state index in [0.29, 0.717) is 31.2 Å². The van der Waals surface area contributed by atoms with Crippen molar-refractivity contribution in [3.8, 4) is 11.5 Å². The van der Waals surface area contributed by atoms with Gasteiger partial charge in [0.25, 0.3) is 0 Å². The normalized spacial score (nSPS) is 27.4. The van der Waals surface area contributed by atoms with Crippen molar-refractivity contribution in [3.05, 3.63) is 23.8 Å². The molecule has 4 nitrogen and oxygen atoms in total. The topological polar surface area (TPSA) is 47.7 Å². The Morgan fingerprint density at radius 2 is 2.05 bits per heavy atom. The van der Waals surface area contributed by atoms with Crippen LogP contribution in [0.4, 0.5) is 0 Å². The Labute approximate surface area is 127 Å². The van der Waals surface area contributed by atoms with Gasteiger partial charge in [0.15, 0.2) is 11.5 Å². The predicted molar refractivity (Wildman–Crippen MR) is 83.8 cm³/mol. The molecule has 1 fully saturated rings. The fraction of sp³-hybridized carbons (Fsp3) is 0.647. The molecule has 3 unspecified atom stereocenters. The van der Waals surface area contributed by atoms with Crippen LogP contribution in [-0.4, -0.2) is 37.2 Å². The van der Waals surface area contributed by atoms with Crippen LogP contribution in [0.1, 0.15) is 38.3 Å². The summed E-state index contributed by atoms with van der Waals surface area (Å²) in [6, 6.07) is 7.08. The molecule has 3 rings (SSSR count). The zero-order valence-corrected chi connectivity index (χ0v) is 13.0. The van der Waals surface area contributed by atoms with Gasteiger partial charge < -0.3 is 15.2 Å². The van der Waals surface area contributed by atoms with Crippen LogP contribution in [0.25, 0.3) is 0 Å². The van der Waals surface area contributed by atoms with E-state index in [0.717, 1.165) is 37.4 Å². The largest absolute Gasteiger partial charge is 0.486 e. The van der Waals surface area contributed by atoms with Gasteiger partial charge in [-0.3, -0.25) is 4.90 Å². The molecule has 2 N–H and O–H groups in total. The number of fused-ring (bicyclic) bond motifs is 1. The molecule has 21 heavy (non-hydrogen) atoms. The van der Waals surface area contributed by atoms with E-state index in [2.05, 4.69) is 30.9 Å². The van der Waals surface area contributed by atoms with Crippen LogP contribution in [0.2, 0.25) is 0 Å². The van der Waals surface area contributed by atoms with Gasteiger partial charge in [0, 0.05) is 25.2 Å². The summed E-state index contributed by atoms with van der Waals surface area (Å²) in [6.45, 7) is 7.96. The number of rotatable bonds is 3. The van der Waals surface area contributed by atoms with Crippen molar-refractivity contribution in [2.24, 2.45) is 11.7 Å². The van der Waals surface area contributed by atoms with Crippen LogP contribution in [0.5, 0.6) is 11.5 Å². The summed E-state index contributed by atoms with van der Waals surface area (Å²) in [5.74, 6) is 2.36. The molecule has 2 heterocycles. The van der Waals surface area contributed by atoms with Crippen molar-refractivity contribution in [2.75, 3.05) is 26.3 Å². The second-order valence-corrected chi connectivity index (χ2v) is 6.19. The van der Waals surface area contributed by atoms with Gasteiger partial charge in [-0.1, -0.05) is 19.4 Å². The van der Waals surface area contributed by atoms with E-state index in [1.807, 2.05) is 6.07 Å². The van der Waals surface area contributed by atoms with E-state index >= 15 is 0 Å². The second kappa shape index (κ2) is 6.24. The number of ether oxygens (including phenoxy) is 2. The molecule has 4 heteroatoms. The van der Waals surface area contributed by atoms with E-state index in [1.165, 1.54) is 5.56 Å². The molecular weight excluding hydrogens is 264 g/mol. The van der Waals surface area contributed by atoms with Crippen molar-refractivity contribution < 1.29 is 9.47 Å². The fourth-order valence-corrected chi connectivity index (χ4v) is 3.39. The highest BCUT2D eigenvalue weighted by molar-refractivity contribution is 5.44. The number of piperidine rings is 1. The average molecular weight is 290 g/mol. The minimum Gasteiger partial charge on any atom is -0.486 e. The lowest BCUT2D eigenvalue weighted by Gasteiger charge is -2.40. The Balaban J connectivity index is 1.74. The average Bonchev–Trinajstić information content (AvgIpc) is 2.54. The monoisotopic (exact) mass is 290 g/mol. The molecule has 0 aliphatic carbocycles. The molecule has 116 valence electrons. The summed E-state index contributed by atoms with van der Waals surface area (Å²) in [5.41, 5.74) is 7.51. The van der Waals surface area contributed by atoms with Crippen molar-refractivity contribution in [1.82, 2.24) is 4.90 Å². The third kappa shape index (κ3) is 3.01. The fourth-order valence-electron chi connectivity index (χ4n) is 3.39. The maximum atomic E-state index is 6.22. The van der Waals surface area contributed by atoms with E-state index in [-0.39, 0.29) is 0 Å². The lowest BCUT2D eigenvalue weighted by Crippen LogP contribution is -2.47. The summed E-state index contributed by atoms with van der Waals surface area (Å²) >= 11 is 0. The highest BCUT2D eigenvalue weighted by atomic mass is 16.6. The maximum absolute atomic E-state index is 6.22. The SMILES string of the molecule is CCC1CN(C(C)c2ccc3c(c2)OCCO3)CCC1N. The zero-order valence-electron chi connectivity index (χ0n) is 13.0. The summed E-state index contributed by atoms with van der Waals surface area (Å²) in [5, 5.41) is 0. The van der Waals surface area contributed by atoms with E-state index in [4.69, 9.17) is 15.2 Å². The molecule has 3 atom stereocenters. The highest BCUT2D eigenvalue weighted by Crippen LogP contribution is 2.35. The molecule has 0 bridgehead atoms. The first kappa shape index (κ1) is 14.7. The molecule has 0 aromatic heterocycles. The third-order valence-electron chi connectivity index (χ3n) is 4.94. The van der Waals surface area contributed by atoms with Crippen molar-refractivity contribution in [2.45, 2.75) is 38.8 Å². The summed E-state index contributed by atoms with van der Waals surface area (Å²) in [7, 11) is 0. The van der Waals surface area contributed by atoms with E-state index in [9.17, 15) is 0 Å². The van der Waals surface area contributed by atoms with Gasteiger partial charge in [0.1, 0.15) is 13.2 Å². The highest BCUT2D eigenvalue weighted by Gasteiger charge is 2.28. The number of nitrogens with zero attached hydrogens (tertiary/aromatic N) is 1. The van der Waals surface area contributed by atoms with E-state index < -0.39 is 0 Å². The summed E-state index contributed by atoms with van der Waals surface area (Å²) < 4.78 is 11.3. The second-order valence-electron chi connectivity index (χ2n) is 6.19. The van der Waals surface area contributed by atoms with Gasteiger partial charge in [0.2, 0.25) is 0 Å². The lowest BCUT2D eigenvalue weighted by molar-refractivity contribution is 0.113. The van der Waals surface area contributed by atoms with Crippen molar-refractivity contribution in [3.63, 3.8) is 0 Å². The minimum absolute atomic E-state index is 0.360. The van der Waals surface area contributed by atoms with Gasteiger partial charge in [-0.25, -0.2) is 0 Å². The Kier molecular flexibility index (Phi) is 4.36. The lowest BCUT2D eigenvalue weighted by atomic mass is 9.89. The van der Waals surface area contributed by atoms with Gasteiger partial charge >= 0.3 is 0 Å². The molecule has 1 aromatic rings. The van der Waals surface area contributed by atoms with Crippen LogP contribution < -0.4 is 15.2 Å². The summed E-state index contributed by atoms with van der Waals surface area (Å²) in [6.07, 6.45) is 2.25. The molecule has 0 amide bonds. The number of hydrogen-bond donors (Lipinski definition) is 1. The molecule has 0 radical (unpaired) electrons. The quantitative estimate of drug-likeness (QED) is 0.929. The number of hydrogen-bond acceptors (Lipinski definition) is 4. The van der Waals surface area contributed by atoms with Gasteiger partial charge in [-0.05, 0) is 37.0 Å². The predicted octanol–water partition coefficient (Wildman–Crippen LogP) is 2.58.